The fraction of sp³-hybridized carbons (Fsp3) is 0.105. The molecule has 9 heteroatoms. The summed E-state index contributed by atoms with van der Waals surface area (Å²) >= 11 is 1.59. The Hall–Kier alpha value is -2.91. The van der Waals surface area contributed by atoms with Crippen molar-refractivity contribution in [3.05, 3.63) is 83.5 Å². The Morgan fingerprint density at radius 2 is 1.96 bits per heavy atom. The summed E-state index contributed by atoms with van der Waals surface area (Å²) in [4.78, 5) is 0. The quantitative estimate of drug-likeness (QED) is 0.673. The third-order valence-electron chi connectivity index (χ3n) is 4.11. The topological polar surface area (TPSA) is 89.2 Å². The van der Waals surface area contributed by atoms with Gasteiger partial charge in [-0.25, -0.2) is 8.42 Å². The van der Waals surface area contributed by atoms with Crippen LogP contribution in [0, 0.1) is 0 Å². The standard InChI is InChI=1S/C19H17N5O2S2/c1-2-28(25,26)23-16-10-6-7-14(11-16)12-18-20-21-19-24(18)22-17(13-27-19)15-8-4-3-5-9-15/h2-11,23H,1,12-13H2. The fourth-order valence-electron chi connectivity index (χ4n) is 2.78. The Morgan fingerprint density at radius 3 is 2.75 bits per heavy atom. The van der Waals surface area contributed by atoms with Crippen LogP contribution in [0.5, 0.6) is 0 Å². The van der Waals surface area contributed by atoms with Crippen molar-refractivity contribution in [2.75, 3.05) is 10.5 Å². The summed E-state index contributed by atoms with van der Waals surface area (Å²) in [6, 6.07) is 17.2. The van der Waals surface area contributed by atoms with E-state index in [4.69, 9.17) is 5.10 Å². The van der Waals surface area contributed by atoms with Gasteiger partial charge in [0.25, 0.3) is 10.0 Å². The van der Waals surface area contributed by atoms with Crippen LogP contribution < -0.4 is 4.72 Å². The first-order valence-electron chi connectivity index (χ1n) is 8.48. The van der Waals surface area contributed by atoms with E-state index in [2.05, 4.69) is 21.5 Å². The molecule has 1 aliphatic rings. The minimum atomic E-state index is -3.55. The maximum Gasteiger partial charge on any atom is 0.254 e. The summed E-state index contributed by atoms with van der Waals surface area (Å²) in [5.41, 5.74) is 3.40. The highest BCUT2D eigenvalue weighted by molar-refractivity contribution is 7.99. The molecular formula is C19H17N5O2S2. The van der Waals surface area contributed by atoms with Gasteiger partial charge in [-0.05, 0) is 23.3 Å². The fourth-order valence-corrected chi connectivity index (χ4v) is 4.18. The first-order valence-corrected chi connectivity index (χ1v) is 11.0. The van der Waals surface area contributed by atoms with Crippen molar-refractivity contribution < 1.29 is 8.42 Å². The van der Waals surface area contributed by atoms with Crippen LogP contribution in [0.2, 0.25) is 0 Å². The van der Waals surface area contributed by atoms with Crippen molar-refractivity contribution in [2.45, 2.75) is 11.6 Å². The van der Waals surface area contributed by atoms with Gasteiger partial charge in [-0.15, -0.1) is 10.2 Å². The lowest BCUT2D eigenvalue weighted by Gasteiger charge is -2.14. The largest absolute Gasteiger partial charge is 0.280 e. The van der Waals surface area contributed by atoms with Gasteiger partial charge in [-0.2, -0.15) is 9.78 Å². The predicted octanol–water partition coefficient (Wildman–Crippen LogP) is 3.11. The zero-order valence-corrected chi connectivity index (χ0v) is 16.4. The molecule has 0 spiro atoms. The Morgan fingerprint density at radius 1 is 1.14 bits per heavy atom. The molecule has 0 saturated carbocycles. The Balaban J connectivity index is 1.61. The number of hydrogen-bond acceptors (Lipinski definition) is 6. The molecule has 3 aromatic rings. The maximum absolute atomic E-state index is 11.7. The number of anilines is 1. The van der Waals surface area contributed by atoms with Crippen molar-refractivity contribution in [1.29, 1.82) is 0 Å². The average Bonchev–Trinajstić information content (AvgIpc) is 3.11. The van der Waals surface area contributed by atoms with Gasteiger partial charge in [0.15, 0.2) is 5.82 Å². The monoisotopic (exact) mass is 411 g/mol. The minimum Gasteiger partial charge on any atom is -0.280 e. The predicted molar refractivity (Wildman–Crippen MR) is 111 cm³/mol. The third kappa shape index (κ3) is 4.00. The van der Waals surface area contributed by atoms with Crippen LogP contribution in [0.1, 0.15) is 17.0 Å². The lowest BCUT2D eigenvalue weighted by molar-refractivity contribution is 0.609. The lowest BCUT2D eigenvalue weighted by atomic mass is 10.1. The zero-order valence-electron chi connectivity index (χ0n) is 14.8. The van der Waals surface area contributed by atoms with E-state index in [9.17, 15) is 8.42 Å². The highest BCUT2D eigenvalue weighted by Crippen LogP contribution is 2.25. The van der Waals surface area contributed by atoms with E-state index in [-0.39, 0.29) is 0 Å². The maximum atomic E-state index is 11.7. The van der Waals surface area contributed by atoms with Crippen LogP contribution in [0.25, 0.3) is 0 Å². The second-order valence-electron chi connectivity index (χ2n) is 6.10. The zero-order chi connectivity index (χ0) is 19.6. The molecule has 0 radical (unpaired) electrons. The summed E-state index contributed by atoms with van der Waals surface area (Å²) in [7, 11) is -3.55. The molecular weight excluding hydrogens is 394 g/mol. The van der Waals surface area contributed by atoms with E-state index in [1.165, 1.54) is 0 Å². The SMILES string of the molecule is C=CS(=O)(=O)Nc1cccc(Cc2nnc3n2N=C(c2ccccc2)CS3)c1. The molecule has 2 aromatic carbocycles. The van der Waals surface area contributed by atoms with Crippen molar-refractivity contribution in [3.63, 3.8) is 0 Å². The molecule has 4 rings (SSSR count). The van der Waals surface area contributed by atoms with Crippen LogP contribution in [0.3, 0.4) is 0 Å². The van der Waals surface area contributed by atoms with Crippen molar-refractivity contribution in [3.8, 4) is 0 Å². The first kappa shape index (κ1) is 18.5. The molecule has 28 heavy (non-hydrogen) atoms. The van der Waals surface area contributed by atoms with E-state index < -0.39 is 10.0 Å². The second-order valence-corrected chi connectivity index (χ2v) is 8.67. The molecule has 142 valence electrons. The van der Waals surface area contributed by atoms with Crippen LogP contribution in [-0.4, -0.2) is 34.8 Å². The molecule has 0 aliphatic carbocycles. The molecule has 1 aliphatic heterocycles. The number of fused-ring (bicyclic) bond motifs is 1. The number of aromatic nitrogens is 3. The van der Waals surface area contributed by atoms with Crippen LogP contribution in [0.15, 0.2) is 76.8 Å². The highest BCUT2D eigenvalue weighted by atomic mass is 32.2. The number of sulfonamides is 1. The van der Waals surface area contributed by atoms with E-state index in [0.717, 1.165) is 33.2 Å². The molecule has 1 aromatic heterocycles. The molecule has 1 N–H and O–H groups in total. The Bertz CT molecular complexity index is 1150. The highest BCUT2D eigenvalue weighted by Gasteiger charge is 2.20. The molecule has 0 unspecified atom stereocenters. The number of nitrogens with one attached hydrogen (secondary N) is 1. The average molecular weight is 412 g/mol. The summed E-state index contributed by atoms with van der Waals surface area (Å²) in [6.45, 7) is 3.30. The number of nitrogens with zero attached hydrogens (tertiary/aromatic N) is 4. The van der Waals surface area contributed by atoms with Gasteiger partial charge in [0.1, 0.15) is 0 Å². The molecule has 0 saturated heterocycles. The van der Waals surface area contributed by atoms with Crippen LogP contribution in [-0.2, 0) is 16.4 Å². The summed E-state index contributed by atoms with van der Waals surface area (Å²) in [5.74, 6) is 1.43. The smallest absolute Gasteiger partial charge is 0.254 e. The number of thioether (sulfide) groups is 1. The Kier molecular flexibility index (Phi) is 5.01. The van der Waals surface area contributed by atoms with E-state index in [0.29, 0.717) is 17.9 Å². The van der Waals surface area contributed by atoms with Gasteiger partial charge in [0.2, 0.25) is 5.16 Å². The minimum absolute atomic E-state index is 0.471. The van der Waals surface area contributed by atoms with Crippen molar-refractivity contribution in [1.82, 2.24) is 14.9 Å². The van der Waals surface area contributed by atoms with E-state index in [1.807, 2.05) is 36.4 Å². The molecule has 0 atom stereocenters. The van der Waals surface area contributed by atoms with Crippen molar-refractivity contribution in [2.24, 2.45) is 5.10 Å². The van der Waals surface area contributed by atoms with Gasteiger partial charge >= 0.3 is 0 Å². The molecule has 0 bridgehead atoms. The normalized spacial score (nSPS) is 13.5. The van der Waals surface area contributed by atoms with Gasteiger partial charge in [-0.1, -0.05) is 60.8 Å². The lowest BCUT2D eigenvalue weighted by Crippen LogP contribution is -2.14. The molecule has 2 heterocycles. The van der Waals surface area contributed by atoms with Crippen LogP contribution in [0.4, 0.5) is 5.69 Å². The summed E-state index contributed by atoms with van der Waals surface area (Å²) in [6.07, 6.45) is 0.475. The third-order valence-corrected chi connectivity index (χ3v) is 6.00. The second kappa shape index (κ2) is 7.61. The summed E-state index contributed by atoms with van der Waals surface area (Å²) in [5, 5.41) is 14.9. The van der Waals surface area contributed by atoms with E-state index >= 15 is 0 Å². The molecule has 7 nitrogen and oxygen atoms in total. The number of rotatable bonds is 6. The van der Waals surface area contributed by atoms with Gasteiger partial charge in [0.05, 0.1) is 5.71 Å². The van der Waals surface area contributed by atoms with E-state index in [1.54, 1.807) is 34.6 Å². The molecule has 0 fully saturated rings. The van der Waals surface area contributed by atoms with Crippen LogP contribution >= 0.6 is 11.8 Å². The van der Waals surface area contributed by atoms with Gasteiger partial charge < -0.3 is 0 Å². The Labute approximate surface area is 167 Å². The van der Waals surface area contributed by atoms with Crippen molar-refractivity contribution >= 4 is 33.2 Å². The number of hydrogen-bond donors (Lipinski definition) is 1. The number of benzene rings is 2. The van der Waals surface area contributed by atoms with Gasteiger partial charge in [0, 0.05) is 23.3 Å². The summed E-state index contributed by atoms with van der Waals surface area (Å²) < 4.78 is 27.6. The molecule has 0 amide bonds. The first-order chi connectivity index (χ1) is 13.5. The van der Waals surface area contributed by atoms with Gasteiger partial charge in [-0.3, -0.25) is 4.72 Å².